The molecule has 1 aromatic rings. The van der Waals surface area contributed by atoms with Crippen molar-refractivity contribution in [2.24, 2.45) is 0 Å². The van der Waals surface area contributed by atoms with Gasteiger partial charge in [0.05, 0.1) is 6.42 Å². The summed E-state index contributed by atoms with van der Waals surface area (Å²) in [6, 6.07) is 6.25. The van der Waals surface area contributed by atoms with Crippen LogP contribution in [0, 0.1) is 0 Å². The van der Waals surface area contributed by atoms with Gasteiger partial charge in [-0.1, -0.05) is 0 Å². The smallest absolute Gasteiger partial charge is 0.251 e. The number of carbonyl (C=O) groups is 2. The summed E-state index contributed by atoms with van der Waals surface area (Å²) in [6.45, 7) is 0. The fourth-order valence-electron chi connectivity index (χ4n) is 3.17. The molecule has 1 aliphatic carbocycles. The van der Waals surface area contributed by atoms with Gasteiger partial charge in [-0.2, -0.15) is 0 Å². The minimum atomic E-state index is -0.0370. The lowest BCUT2D eigenvalue weighted by atomic mass is 9.91. The molecule has 1 saturated carbocycles. The SMILES string of the molecule is CNC1CCC(NC(=O)c2ccc3c(c2)CC(=O)N3)CC1. The number of rotatable bonds is 3. The standard InChI is InChI=1S/C16H21N3O2/c1-17-12-3-5-13(6-4-12)18-16(21)10-2-7-14-11(8-10)9-15(20)19-14/h2,7-8,12-13,17H,3-6,9H2,1H3,(H,18,21)(H,19,20). The van der Waals surface area contributed by atoms with Crippen LogP contribution in [0.4, 0.5) is 5.69 Å². The fourth-order valence-corrected chi connectivity index (χ4v) is 3.17. The first-order valence-electron chi connectivity index (χ1n) is 7.56. The van der Waals surface area contributed by atoms with Crippen molar-refractivity contribution in [3.05, 3.63) is 29.3 Å². The fraction of sp³-hybridized carbons (Fsp3) is 0.500. The molecule has 5 heteroatoms. The molecule has 0 aromatic heterocycles. The third kappa shape index (κ3) is 3.08. The molecule has 0 unspecified atom stereocenters. The van der Waals surface area contributed by atoms with Gasteiger partial charge >= 0.3 is 0 Å². The van der Waals surface area contributed by atoms with E-state index in [2.05, 4.69) is 16.0 Å². The Hall–Kier alpha value is -1.88. The van der Waals surface area contributed by atoms with Gasteiger partial charge in [0.25, 0.3) is 5.91 Å². The van der Waals surface area contributed by atoms with Crippen molar-refractivity contribution in [2.45, 2.75) is 44.2 Å². The number of hydrogen-bond acceptors (Lipinski definition) is 3. The molecule has 3 N–H and O–H groups in total. The van der Waals surface area contributed by atoms with Crippen LogP contribution in [0.25, 0.3) is 0 Å². The first kappa shape index (κ1) is 14.1. The lowest BCUT2D eigenvalue weighted by Gasteiger charge is -2.28. The molecule has 2 amide bonds. The molecule has 112 valence electrons. The van der Waals surface area contributed by atoms with Gasteiger partial charge in [0.15, 0.2) is 0 Å². The summed E-state index contributed by atoms with van der Waals surface area (Å²) in [5.41, 5.74) is 2.37. The number of fused-ring (bicyclic) bond motifs is 1. The van der Waals surface area contributed by atoms with Crippen molar-refractivity contribution >= 4 is 17.5 Å². The average Bonchev–Trinajstić information content (AvgIpc) is 2.87. The summed E-state index contributed by atoms with van der Waals surface area (Å²) in [7, 11) is 1.99. The molecule has 1 aliphatic heterocycles. The van der Waals surface area contributed by atoms with Crippen molar-refractivity contribution in [1.29, 1.82) is 0 Å². The number of carbonyl (C=O) groups excluding carboxylic acids is 2. The van der Waals surface area contributed by atoms with E-state index >= 15 is 0 Å². The van der Waals surface area contributed by atoms with Crippen LogP contribution in [-0.4, -0.2) is 30.9 Å². The highest BCUT2D eigenvalue weighted by Gasteiger charge is 2.23. The molecule has 0 bridgehead atoms. The first-order valence-corrected chi connectivity index (χ1v) is 7.56. The minimum absolute atomic E-state index is 0.00653. The predicted octanol–water partition coefficient (Wildman–Crippen LogP) is 1.44. The Kier molecular flexibility index (Phi) is 3.92. The molecule has 1 heterocycles. The lowest BCUT2D eigenvalue weighted by Crippen LogP contribution is -2.41. The summed E-state index contributed by atoms with van der Waals surface area (Å²) in [4.78, 5) is 23.7. The molecule has 0 radical (unpaired) electrons. The molecule has 0 saturated heterocycles. The molecular formula is C16H21N3O2. The Morgan fingerprint density at radius 1 is 1.19 bits per heavy atom. The molecule has 21 heavy (non-hydrogen) atoms. The zero-order chi connectivity index (χ0) is 14.8. The van der Waals surface area contributed by atoms with Gasteiger partial charge in [-0.05, 0) is 56.5 Å². The van der Waals surface area contributed by atoms with Crippen molar-refractivity contribution in [2.75, 3.05) is 12.4 Å². The second kappa shape index (κ2) is 5.85. The summed E-state index contributed by atoms with van der Waals surface area (Å²) in [5.74, 6) is -0.0435. The summed E-state index contributed by atoms with van der Waals surface area (Å²) < 4.78 is 0. The zero-order valence-corrected chi connectivity index (χ0v) is 12.2. The summed E-state index contributed by atoms with van der Waals surface area (Å²) in [5, 5.41) is 9.18. The van der Waals surface area contributed by atoms with Gasteiger partial charge in [-0.3, -0.25) is 9.59 Å². The van der Waals surface area contributed by atoms with Crippen molar-refractivity contribution < 1.29 is 9.59 Å². The normalized spacial score (nSPS) is 24.3. The van der Waals surface area contributed by atoms with E-state index in [4.69, 9.17) is 0 Å². The van der Waals surface area contributed by atoms with Crippen LogP contribution >= 0.6 is 0 Å². The Morgan fingerprint density at radius 3 is 2.62 bits per heavy atom. The quantitative estimate of drug-likeness (QED) is 0.788. The van der Waals surface area contributed by atoms with Crippen molar-refractivity contribution in [1.82, 2.24) is 10.6 Å². The van der Waals surface area contributed by atoms with E-state index in [9.17, 15) is 9.59 Å². The van der Waals surface area contributed by atoms with E-state index in [1.165, 1.54) is 0 Å². The lowest BCUT2D eigenvalue weighted by molar-refractivity contribution is -0.115. The number of nitrogens with one attached hydrogen (secondary N) is 3. The second-order valence-corrected chi connectivity index (χ2v) is 5.91. The molecule has 2 aliphatic rings. The average molecular weight is 287 g/mol. The maximum Gasteiger partial charge on any atom is 0.251 e. The Balaban J connectivity index is 1.61. The van der Waals surface area contributed by atoms with Gasteiger partial charge < -0.3 is 16.0 Å². The number of benzene rings is 1. The van der Waals surface area contributed by atoms with Crippen LogP contribution in [0.2, 0.25) is 0 Å². The third-order valence-corrected chi connectivity index (χ3v) is 4.46. The van der Waals surface area contributed by atoms with Gasteiger partial charge in [-0.25, -0.2) is 0 Å². The highest BCUT2D eigenvalue weighted by atomic mass is 16.2. The zero-order valence-electron chi connectivity index (χ0n) is 12.2. The first-order chi connectivity index (χ1) is 10.2. The van der Waals surface area contributed by atoms with Crippen LogP contribution in [-0.2, 0) is 11.2 Å². The molecule has 3 rings (SSSR count). The Bertz CT molecular complexity index is 563. The number of amides is 2. The van der Waals surface area contributed by atoms with E-state index in [0.29, 0.717) is 18.0 Å². The van der Waals surface area contributed by atoms with Crippen molar-refractivity contribution in [3.8, 4) is 0 Å². The van der Waals surface area contributed by atoms with E-state index in [-0.39, 0.29) is 17.9 Å². The third-order valence-electron chi connectivity index (χ3n) is 4.46. The van der Waals surface area contributed by atoms with Gasteiger partial charge in [0.2, 0.25) is 5.91 Å². The minimum Gasteiger partial charge on any atom is -0.349 e. The van der Waals surface area contributed by atoms with E-state index in [1.54, 1.807) is 6.07 Å². The monoisotopic (exact) mass is 287 g/mol. The molecule has 5 nitrogen and oxygen atoms in total. The highest BCUT2D eigenvalue weighted by Crippen LogP contribution is 2.24. The largest absolute Gasteiger partial charge is 0.349 e. The van der Waals surface area contributed by atoms with Crippen molar-refractivity contribution in [3.63, 3.8) is 0 Å². The van der Waals surface area contributed by atoms with Crippen LogP contribution < -0.4 is 16.0 Å². The maximum atomic E-state index is 12.3. The Labute approximate surface area is 124 Å². The van der Waals surface area contributed by atoms with E-state index < -0.39 is 0 Å². The maximum absolute atomic E-state index is 12.3. The van der Waals surface area contributed by atoms with Crippen LogP contribution in [0.3, 0.4) is 0 Å². The molecule has 1 aromatic carbocycles. The Morgan fingerprint density at radius 2 is 1.90 bits per heavy atom. The second-order valence-electron chi connectivity index (χ2n) is 5.91. The highest BCUT2D eigenvalue weighted by molar-refractivity contribution is 6.01. The van der Waals surface area contributed by atoms with Crippen LogP contribution in [0.5, 0.6) is 0 Å². The molecule has 0 spiro atoms. The van der Waals surface area contributed by atoms with Crippen LogP contribution in [0.15, 0.2) is 18.2 Å². The number of anilines is 1. The predicted molar refractivity (Wildman–Crippen MR) is 81.3 cm³/mol. The van der Waals surface area contributed by atoms with Crippen LogP contribution in [0.1, 0.15) is 41.6 Å². The molecule has 1 fully saturated rings. The van der Waals surface area contributed by atoms with E-state index in [1.807, 2.05) is 19.2 Å². The van der Waals surface area contributed by atoms with Gasteiger partial charge in [0, 0.05) is 23.3 Å². The molecular weight excluding hydrogens is 266 g/mol. The van der Waals surface area contributed by atoms with Gasteiger partial charge in [-0.15, -0.1) is 0 Å². The summed E-state index contributed by atoms with van der Waals surface area (Å²) >= 11 is 0. The molecule has 0 atom stereocenters. The van der Waals surface area contributed by atoms with Gasteiger partial charge in [0.1, 0.15) is 0 Å². The topological polar surface area (TPSA) is 70.2 Å². The summed E-state index contributed by atoms with van der Waals surface area (Å²) in [6.07, 6.45) is 4.60. The van der Waals surface area contributed by atoms with E-state index in [0.717, 1.165) is 36.9 Å². The number of hydrogen-bond donors (Lipinski definition) is 3.